The molecule has 1 unspecified atom stereocenters. The molecule has 1 nitrogen and oxygen atoms in total. The van der Waals surface area contributed by atoms with Gasteiger partial charge in [-0.25, -0.2) is 0 Å². The van der Waals surface area contributed by atoms with E-state index in [4.69, 9.17) is 5.41 Å². The zero-order valence-corrected chi connectivity index (χ0v) is 6.44. The lowest BCUT2D eigenvalue weighted by Crippen LogP contribution is -2.07. The molecule has 1 heterocycles. The SMILES string of the molecule is CC1CCSC(=N)S1. The predicted octanol–water partition coefficient (Wildman–Crippen LogP) is 2.18. The van der Waals surface area contributed by atoms with Crippen LogP contribution in [0.1, 0.15) is 13.3 Å². The van der Waals surface area contributed by atoms with Crippen LogP contribution in [0.15, 0.2) is 0 Å². The van der Waals surface area contributed by atoms with Crippen LogP contribution in [0.3, 0.4) is 0 Å². The van der Waals surface area contributed by atoms with E-state index in [1.807, 2.05) is 0 Å². The lowest BCUT2D eigenvalue weighted by atomic mass is 10.4. The largest absolute Gasteiger partial charge is 0.288 e. The highest BCUT2D eigenvalue weighted by Gasteiger charge is 2.12. The number of hydrogen-bond acceptors (Lipinski definition) is 3. The molecule has 1 fully saturated rings. The molecule has 1 saturated heterocycles. The van der Waals surface area contributed by atoms with E-state index >= 15 is 0 Å². The van der Waals surface area contributed by atoms with Crippen molar-refractivity contribution in [2.45, 2.75) is 18.6 Å². The van der Waals surface area contributed by atoms with E-state index in [1.165, 1.54) is 6.42 Å². The van der Waals surface area contributed by atoms with Crippen LogP contribution in [-0.2, 0) is 0 Å². The normalized spacial score (nSPS) is 30.6. The van der Waals surface area contributed by atoms with Gasteiger partial charge in [0.1, 0.15) is 4.38 Å². The third-order valence-electron chi connectivity index (χ3n) is 1.07. The van der Waals surface area contributed by atoms with Crippen molar-refractivity contribution < 1.29 is 0 Å². The van der Waals surface area contributed by atoms with Crippen LogP contribution in [0.4, 0.5) is 0 Å². The Balaban J connectivity index is 2.34. The van der Waals surface area contributed by atoms with E-state index in [9.17, 15) is 0 Å². The molecule has 0 aromatic rings. The van der Waals surface area contributed by atoms with Crippen molar-refractivity contribution in [1.82, 2.24) is 0 Å². The first kappa shape index (κ1) is 6.49. The molecule has 0 aromatic carbocycles. The van der Waals surface area contributed by atoms with Crippen molar-refractivity contribution in [3.05, 3.63) is 0 Å². The number of nitrogens with one attached hydrogen (secondary N) is 1. The molecule has 1 atom stereocenters. The van der Waals surface area contributed by atoms with E-state index in [2.05, 4.69) is 6.92 Å². The molecule has 0 saturated carbocycles. The van der Waals surface area contributed by atoms with Crippen molar-refractivity contribution in [2.75, 3.05) is 5.75 Å². The van der Waals surface area contributed by atoms with Gasteiger partial charge in [0.15, 0.2) is 0 Å². The molecule has 0 aliphatic carbocycles. The second-order valence-electron chi connectivity index (χ2n) is 1.85. The third kappa shape index (κ3) is 1.71. The second kappa shape index (κ2) is 2.78. The fourth-order valence-electron chi connectivity index (χ4n) is 0.593. The summed E-state index contributed by atoms with van der Waals surface area (Å²) in [4.78, 5) is 0. The van der Waals surface area contributed by atoms with Crippen molar-refractivity contribution in [1.29, 1.82) is 5.41 Å². The Morgan fingerprint density at radius 1 is 1.75 bits per heavy atom. The first-order chi connectivity index (χ1) is 3.79. The van der Waals surface area contributed by atoms with Crippen LogP contribution < -0.4 is 0 Å². The van der Waals surface area contributed by atoms with Gasteiger partial charge in [-0.15, -0.1) is 11.8 Å². The minimum absolute atomic E-state index is 0.684. The number of thioether (sulfide) groups is 2. The Morgan fingerprint density at radius 2 is 2.50 bits per heavy atom. The van der Waals surface area contributed by atoms with Gasteiger partial charge in [0.05, 0.1) is 0 Å². The summed E-state index contributed by atoms with van der Waals surface area (Å²) in [6, 6.07) is 0. The van der Waals surface area contributed by atoms with E-state index in [1.54, 1.807) is 23.5 Å². The topological polar surface area (TPSA) is 23.9 Å². The summed E-state index contributed by atoms with van der Waals surface area (Å²) < 4.78 is 0.795. The van der Waals surface area contributed by atoms with E-state index in [0.29, 0.717) is 5.25 Å². The third-order valence-corrected chi connectivity index (χ3v) is 3.26. The summed E-state index contributed by atoms with van der Waals surface area (Å²) in [6.45, 7) is 2.18. The van der Waals surface area contributed by atoms with Crippen molar-refractivity contribution >= 4 is 27.9 Å². The highest BCUT2D eigenvalue weighted by molar-refractivity contribution is 8.39. The van der Waals surface area contributed by atoms with Crippen LogP contribution >= 0.6 is 23.5 Å². The van der Waals surface area contributed by atoms with Gasteiger partial charge in [0.25, 0.3) is 0 Å². The summed E-state index contributed by atoms with van der Waals surface area (Å²) in [6.07, 6.45) is 1.26. The highest BCUT2D eigenvalue weighted by atomic mass is 32.2. The van der Waals surface area contributed by atoms with Crippen LogP contribution in [0.25, 0.3) is 0 Å². The molecular weight excluding hydrogens is 138 g/mol. The average molecular weight is 147 g/mol. The summed E-state index contributed by atoms with van der Waals surface area (Å²) in [5.74, 6) is 1.15. The van der Waals surface area contributed by atoms with Crippen molar-refractivity contribution in [3.63, 3.8) is 0 Å². The maximum atomic E-state index is 7.24. The average Bonchev–Trinajstić information content (AvgIpc) is 1.64. The Bertz CT molecular complexity index is 103. The quantitative estimate of drug-likeness (QED) is 0.568. The first-order valence-electron chi connectivity index (χ1n) is 2.67. The first-order valence-corrected chi connectivity index (χ1v) is 4.53. The molecule has 0 aromatic heterocycles. The molecule has 0 bridgehead atoms. The van der Waals surface area contributed by atoms with E-state index in [-0.39, 0.29) is 0 Å². The molecule has 1 N–H and O–H groups in total. The number of hydrogen-bond donors (Lipinski definition) is 1. The predicted molar refractivity (Wildman–Crippen MR) is 41.9 cm³/mol. The molecular formula is C5H9NS2. The van der Waals surface area contributed by atoms with Gasteiger partial charge >= 0.3 is 0 Å². The van der Waals surface area contributed by atoms with Gasteiger partial charge < -0.3 is 0 Å². The Morgan fingerprint density at radius 3 is 2.88 bits per heavy atom. The monoisotopic (exact) mass is 147 g/mol. The van der Waals surface area contributed by atoms with Crippen molar-refractivity contribution in [3.8, 4) is 0 Å². The summed E-state index contributed by atoms with van der Waals surface area (Å²) in [7, 11) is 0. The van der Waals surface area contributed by atoms with Gasteiger partial charge in [-0.05, 0) is 6.42 Å². The van der Waals surface area contributed by atoms with Gasteiger partial charge in [-0.2, -0.15) is 0 Å². The van der Waals surface area contributed by atoms with Gasteiger partial charge in [-0.3, -0.25) is 5.41 Å². The molecule has 0 radical (unpaired) electrons. The molecule has 46 valence electrons. The van der Waals surface area contributed by atoms with E-state index in [0.717, 1.165) is 10.1 Å². The fraction of sp³-hybridized carbons (Fsp3) is 0.800. The zero-order chi connectivity index (χ0) is 5.98. The molecule has 1 rings (SSSR count). The molecule has 3 heteroatoms. The van der Waals surface area contributed by atoms with Crippen LogP contribution in [0.2, 0.25) is 0 Å². The Hall–Kier alpha value is 0.370. The lowest BCUT2D eigenvalue weighted by Gasteiger charge is -2.15. The summed E-state index contributed by atoms with van der Waals surface area (Å²) in [5, 5.41) is 7.93. The smallest absolute Gasteiger partial charge is 0.122 e. The molecule has 1 aliphatic heterocycles. The van der Waals surface area contributed by atoms with Crippen LogP contribution in [-0.4, -0.2) is 15.4 Å². The molecule has 1 aliphatic rings. The molecule has 0 amide bonds. The minimum atomic E-state index is 0.684. The van der Waals surface area contributed by atoms with Gasteiger partial charge in [0, 0.05) is 11.0 Å². The minimum Gasteiger partial charge on any atom is -0.288 e. The Labute approximate surface area is 58.1 Å². The van der Waals surface area contributed by atoms with Gasteiger partial charge in [0.2, 0.25) is 0 Å². The maximum absolute atomic E-state index is 7.24. The maximum Gasteiger partial charge on any atom is 0.122 e. The van der Waals surface area contributed by atoms with Crippen LogP contribution in [0, 0.1) is 5.41 Å². The summed E-state index contributed by atoms with van der Waals surface area (Å²) >= 11 is 3.36. The van der Waals surface area contributed by atoms with Crippen LogP contribution in [0.5, 0.6) is 0 Å². The van der Waals surface area contributed by atoms with Crippen molar-refractivity contribution in [2.24, 2.45) is 0 Å². The fourth-order valence-corrected chi connectivity index (χ4v) is 3.02. The standard InChI is InChI=1S/C5H9NS2/c1-4-2-3-7-5(6)8-4/h4,6H,2-3H2,1H3. The molecule has 0 spiro atoms. The van der Waals surface area contributed by atoms with Gasteiger partial charge in [-0.1, -0.05) is 18.7 Å². The second-order valence-corrected chi connectivity index (χ2v) is 4.67. The lowest BCUT2D eigenvalue weighted by molar-refractivity contribution is 0.921. The highest BCUT2D eigenvalue weighted by Crippen LogP contribution is 2.29. The molecule has 8 heavy (non-hydrogen) atoms. The zero-order valence-electron chi connectivity index (χ0n) is 4.81. The van der Waals surface area contributed by atoms with E-state index < -0.39 is 0 Å². The summed E-state index contributed by atoms with van der Waals surface area (Å²) in [5.41, 5.74) is 0. The number of rotatable bonds is 0. The Kier molecular flexibility index (Phi) is 2.26.